The standard InChI is InChI=1S/C26H19ClN4O2/c27-22-7-3-1-5-20(22)25(32)30-19-11-9-17(10-12-19)26(33)31-14-13-18-15-28-16-29-24(18)21-6-2-4-8-23(21)31/h1-12,15-16H,13-14H2,(H,30,32). The maximum absolute atomic E-state index is 13.5. The van der Waals surface area contributed by atoms with Crippen LogP contribution in [0.5, 0.6) is 0 Å². The first-order valence-electron chi connectivity index (χ1n) is 10.5. The van der Waals surface area contributed by atoms with E-state index in [4.69, 9.17) is 11.6 Å². The summed E-state index contributed by atoms with van der Waals surface area (Å²) in [4.78, 5) is 36.3. The van der Waals surface area contributed by atoms with Gasteiger partial charge in [-0.15, -0.1) is 0 Å². The number of anilines is 2. The number of rotatable bonds is 3. The van der Waals surface area contributed by atoms with Crippen LogP contribution in [0, 0.1) is 0 Å². The maximum Gasteiger partial charge on any atom is 0.258 e. The fourth-order valence-corrected chi connectivity index (χ4v) is 4.17. The van der Waals surface area contributed by atoms with Gasteiger partial charge in [0.25, 0.3) is 11.8 Å². The van der Waals surface area contributed by atoms with Crippen molar-refractivity contribution >= 4 is 34.8 Å². The van der Waals surface area contributed by atoms with Gasteiger partial charge in [-0.05, 0) is 54.4 Å². The molecule has 0 saturated carbocycles. The molecule has 0 fully saturated rings. The Balaban J connectivity index is 1.39. The molecule has 0 bridgehead atoms. The van der Waals surface area contributed by atoms with Crippen molar-refractivity contribution in [1.82, 2.24) is 9.97 Å². The summed E-state index contributed by atoms with van der Waals surface area (Å²) in [6.07, 6.45) is 3.99. The Labute approximate surface area is 195 Å². The average Bonchev–Trinajstić information content (AvgIpc) is 3.01. The number of halogens is 1. The number of hydrogen-bond acceptors (Lipinski definition) is 4. The molecule has 2 amide bonds. The predicted octanol–water partition coefficient (Wildman–Crippen LogP) is 5.25. The van der Waals surface area contributed by atoms with Gasteiger partial charge in [0.2, 0.25) is 0 Å². The SMILES string of the molecule is O=C(Nc1ccc(C(=O)N2CCc3cncnc3-c3ccccc32)cc1)c1ccccc1Cl. The average molecular weight is 455 g/mol. The zero-order valence-electron chi connectivity index (χ0n) is 17.5. The first kappa shape index (κ1) is 20.8. The van der Waals surface area contributed by atoms with Gasteiger partial charge >= 0.3 is 0 Å². The van der Waals surface area contributed by atoms with E-state index < -0.39 is 0 Å². The minimum absolute atomic E-state index is 0.118. The van der Waals surface area contributed by atoms with Gasteiger partial charge < -0.3 is 10.2 Å². The van der Waals surface area contributed by atoms with Crippen molar-refractivity contribution in [2.45, 2.75) is 6.42 Å². The summed E-state index contributed by atoms with van der Waals surface area (Å²) in [5.41, 5.74) is 5.09. The molecule has 0 spiro atoms. The Bertz CT molecular complexity index is 1350. The smallest absolute Gasteiger partial charge is 0.258 e. The highest BCUT2D eigenvalue weighted by Crippen LogP contribution is 2.35. The molecule has 0 unspecified atom stereocenters. The van der Waals surface area contributed by atoms with Crippen LogP contribution in [0.3, 0.4) is 0 Å². The molecule has 6 nitrogen and oxygen atoms in total. The number of benzene rings is 3. The van der Waals surface area contributed by atoms with Crippen LogP contribution in [0.15, 0.2) is 85.3 Å². The van der Waals surface area contributed by atoms with Crippen molar-refractivity contribution < 1.29 is 9.59 Å². The Morgan fingerprint density at radius 1 is 0.939 bits per heavy atom. The summed E-state index contributed by atoms with van der Waals surface area (Å²) in [5, 5.41) is 3.20. The normalized spacial score (nSPS) is 12.3. The van der Waals surface area contributed by atoms with Crippen molar-refractivity contribution in [3.63, 3.8) is 0 Å². The lowest BCUT2D eigenvalue weighted by Crippen LogP contribution is -2.32. The number of carbonyl (C=O) groups is 2. The lowest BCUT2D eigenvalue weighted by atomic mass is 10.1. The molecule has 1 aliphatic rings. The van der Waals surface area contributed by atoms with Crippen molar-refractivity contribution in [3.8, 4) is 11.3 Å². The van der Waals surface area contributed by atoms with Gasteiger partial charge in [-0.3, -0.25) is 9.59 Å². The number of hydrogen-bond donors (Lipinski definition) is 1. The molecule has 1 aromatic heterocycles. The summed E-state index contributed by atoms with van der Waals surface area (Å²) in [7, 11) is 0. The van der Waals surface area contributed by atoms with Crippen LogP contribution in [0.1, 0.15) is 26.3 Å². The highest BCUT2D eigenvalue weighted by molar-refractivity contribution is 6.34. The summed E-state index contributed by atoms with van der Waals surface area (Å²) in [5.74, 6) is -0.424. The summed E-state index contributed by atoms with van der Waals surface area (Å²) in [6.45, 7) is 0.515. The van der Waals surface area contributed by atoms with Gasteiger partial charge in [-0.25, -0.2) is 9.97 Å². The predicted molar refractivity (Wildman–Crippen MR) is 129 cm³/mol. The summed E-state index contributed by atoms with van der Waals surface area (Å²) >= 11 is 6.11. The van der Waals surface area contributed by atoms with Crippen LogP contribution in [-0.2, 0) is 6.42 Å². The molecular formula is C26H19ClN4O2. The third-order valence-corrected chi connectivity index (χ3v) is 5.93. The molecule has 2 heterocycles. The van der Waals surface area contributed by atoms with E-state index >= 15 is 0 Å². The van der Waals surface area contributed by atoms with Gasteiger partial charge in [0.05, 0.1) is 22.0 Å². The molecule has 1 aliphatic heterocycles. The lowest BCUT2D eigenvalue weighted by molar-refractivity contribution is 0.0986. The highest BCUT2D eigenvalue weighted by atomic mass is 35.5. The number of amides is 2. The van der Waals surface area contributed by atoms with Gasteiger partial charge in [0.1, 0.15) is 6.33 Å². The molecule has 0 saturated heterocycles. The maximum atomic E-state index is 13.5. The van der Waals surface area contributed by atoms with Crippen LogP contribution in [0.2, 0.25) is 5.02 Å². The lowest BCUT2D eigenvalue weighted by Gasteiger charge is -2.23. The molecule has 33 heavy (non-hydrogen) atoms. The zero-order valence-corrected chi connectivity index (χ0v) is 18.3. The molecule has 3 aromatic carbocycles. The van der Waals surface area contributed by atoms with Crippen LogP contribution in [-0.4, -0.2) is 28.3 Å². The van der Waals surface area contributed by atoms with E-state index in [0.29, 0.717) is 34.8 Å². The van der Waals surface area contributed by atoms with Crippen LogP contribution in [0.25, 0.3) is 11.3 Å². The molecule has 0 aliphatic carbocycles. The number of carbonyl (C=O) groups excluding carboxylic acids is 2. The van der Waals surface area contributed by atoms with Crippen LogP contribution < -0.4 is 10.2 Å². The van der Waals surface area contributed by atoms with Crippen molar-refractivity contribution in [2.24, 2.45) is 0 Å². The van der Waals surface area contributed by atoms with E-state index in [9.17, 15) is 9.59 Å². The quantitative estimate of drug-likeness (QED) is 0.458. The van der Waals surface area contributed by atoms with Gasteiger partial charge in [0, 0.05) is 29.6 Å². The number of para-hydroxylation sites is 1. The van der Waals surface area contributed by atoms with Gasteiger partial charge in [-0.2, -0.15) is 0 Å². The number of nitrogens with zero attached hydrogens (tertiary/aromatic N) is 3. The molecule has 5 rings (SSSR count). The van der Waals surface area contributed by atoms with Gasteiger partial charge in [-0.1, -0.05) is 41.9 Å². The van der Waals surface area contributed by atoms with Crippen LogP contribution >= 0.6 is 11.6 Å². The third-order valence-electron chi connectivity index (χ3n) is 5.60. The number of aromatic nitrogens is 2. The first-order valence-corrected chi connectivity index (χ1v) is 10.9. The molecular weight excluding hydrogens is 436 g/mol. The Morgan fingerprint density at radius 3 is 2.52 bits per heavy atom. The molecule has 162 valence electrons. The van der Waals surface area contributed by atoms with Crippen LogP contribution in [0.4, 0.5) is 11.4 Å². The third kappa shape index (κ3) is 4.08. The Kier molecular flexibility index (Phi) is 5.59. The Morgan fingerprint density at radius 2 is 1.70 bits per heavy atom. The van der Waals surface area contributed by atoms with E-state index in [2.05, 4.69) is 15.3 Å². The molecule has 0 radical (unpaired) electrons. The second kappa shape index (κ2) is 8.84. The largest absolute Gasteiger partial charge is 0.322 e. The fraction of sp³-hybridized carbons (Fsp3) is 0.0769. The van der Waals surface area contributed by atoms with E-state index in [1.807, 2.05) is 30.5 Å². The highest BCUT2D eigenvalue weighted by Gasteiger charge is 2.25. The van der Waals surface area contributed by atoms with Crippen molar-refractivity contribution in [3.05, 3.63) is 107 Å². The minimum Gasteiger partial charge on any atom is -0.322 e. The number of fused-ring (bicyclic) bond motifs is 3. The van der Waals surface area contributed by atoms with Gasteiger partial charge in [0.15, 0.2) is 0 Å². The minimum atomic E-state index is -0.306. The second-order valence-corrected chi connectivity index (χ2v) is 8.04. The monoisotopic (exact) mass is 454 g/mol. The van der Waals surface area contributed by atoms with E-state index in [1.165, 1.54) is 6.33 Å². The van der Waals surface area contributed by atoms with E-state index in [-0.39, 0.29) is 11.8 Å². The molecule has 4 aromatic rings. The van der Waals surface area contributed by atoms with Crippen molar-refractivity contribution in [1.29, 1.82) is 0 Å². The zero-order chi connectivity index (χ0) is 22.8. The van der Waals surface area contributed by atoms with Crippen molar-refractivity contribution in [2.75, 3.05) is 16.8 Å². The summed E-state index contributed by atoms with van der Waals surface area (Å²) in [6, 6.07) is 21.5. The first-order chi connectivity index (χ1) is 16.1. The topological polar surface area (TPSA) is 75.2 Å². The Hall–Kier alpha value is -4.03. The van der Waals surface area contributed by atoms with E-state index in [1.54, 1.807) is 53.4 Å². The molecule has 0 atom stereocenters. The second-order valence-electron chi connectivity index (χ2n) is 7.63. The molecule has 1 N–H and O–H groups in total. The summed E-state index contributed by atoms with van der Waals surface area (Å²) < 4.78 is 0. The fourth-order valence-electron chi connectivity index (χ4n) is 3.95. The van der Waals surface area contributed by atoms with E-state index in [0.717, 1.165) is 22.5 Å². The molecule has 7 heteroatoms. The number of nitrogens with one attached hydrogen (secondary N) is 1.